The molecule has 7 heteroatoms. The second-order valence-electron chi connectivity index (χ2n) is 6.67. The van der Waals surface area contributed by atoms with Crippen LogP contribution in [0.15, 0.2) is 42.0 Å². The number of nitrogens with zero attached hydrogens (tertiary/aromatic N) is 2. The third-order valence-electron chi connectivity index (χ3n) is 4.46. The Morgan fingerprint density at radius 1 is 1.11 bits per heavy atom. The van der Waals surface area contributed by atoms with Gasteiger partial charge in [-0.3, -0.25) is 0 Å². The summed E-state index contributed by atoms with van der Waals surface area (Å²) in [4.78, 5) is 8.64. The second-order valence-corrected chi connectivity index (χ2v) is 6.67. The van der Waals surface area contributed by atoms with Crippen LogP contribution < -0.4 is 10.6 Å². The van der Waals surface area contributed by atoms with Crippen molar-refractivity contribution in [2.45, 2.75) is 45.2 Å². The quantitative estimate of drug-likeness (QED) is 0.621. The van der Waals surface area contributed by atoms with E-state index in [1.54, 1.807) is 19.1 Å². The molecule has 0 saturated heterocycles. The minimum absolute atomic E-state index is 0.0265. The average molecular weight is 376 g/mol. The number of allylic oxidation sites excluding steroid dienone is 1. The van der Waals surface area contributed by atoms with Gasteiger partial charge in [0.25, 0.3) is 0 Å². The van der Waals surface area contributed by atoms with Crippen molar-refractivity contribution in [3.63, 3.8) is 0 Å². The molecule has 1 heterocycles. The van der Waals surface area contributed by atoms with Crippen molar-refractivity contribution >= 4 is 17.5 Å². The van der Waals surface area contributed by atoms with Crippen molar-refractivity contribution in [2.75, 3.05) is 17.2 Å². The molecule has 0 fully saturated rings. The first-order valence-electron chi connectivity index (χ1n) is 9.12. The highest BCUT2D eigenvalue weighted by Gasteiger charge is 2.33. The highest BCUT2D eigenvalue weighted by Crippen LogP contribution is 2.35. The Balaban J connectivity index is 1.69. The minimum atomic E-state index is -4.43. The molecule has 4 nitrogen and oxygen atoms in total. The Kier molecular flexibility index (Phi) is 5.98. The monoisotopic (exact) mass is 376 g/mol. The topological polar surface area (TPSA) is 49.8 Å². The molecule has 0 amide bonds. The number of halogens is 3. The predicted molar refractivity (Wildman–Crippen MR) is 101 cm³/mol. The van der Waals surface area contributed by atoms with Gasteiger partial charge in [0.15, 0.2) is 0 Å². The van der Waals surface area contributed by atoms with Gasteiger partial charge < -0.3 is 10.6 Å². The molecular weight excluding hydrogens is 353 g/mol. The lowest BCUT2D eigenvalue weighted by molar-refractivity contribution is -0.136. The maximum Gasteiger partial charge on any atom is 0.418 e. The van der Waals surface area contributed by atoms with Crippen molar-refractivity contribution in [3.05, 3.63) is 53.2 Å². The zero-order valence-corrected chi connectivity index (χ0v) is 15.2. The van der Waals surface area contributed by atoms with Gasteiger partial charge in [0, 0.05) is 18.3 Å². The zero-order chi connectivity index (χ0) is 19.3. The maximum atomic E-state index is 13.2. The van der Waals surface area contributed by atoms with E-state index in [4.69, 9.17) is 0 Å². The first-order chi connectivity index (χ1) is 12.9. The summed E-state index contributed by atoms with van der Waals surface area (Å²) < 4.78 is 39.5. The van der Waals surface area contributed by atoms with Crippen LogP contribution in [-0.4, -0.2) is 16.5 Å². The average Bonchev–Trinajstić information content (AvgIpc) is 2.62. The molecule has 2 aromatic rings. The van der Waals surface area contributed by atoms with E-state index in [1.165, 1.54) is 30.5 Å². The number of anilines is 3. The summed E-state index contributed by atoms with van der Waals surface area (Å²) in [5.74, 6) is 0.747. The molecule has 0 bridgehead atoms. The third kappa shape index (κ3) is 5.45. The van der Waals surface area contributed by atoms with Crippen LogP contribution in [0, 0.1) is 6.92 Å². The van der Waals surface area contributed by atoms with E-state index < -0.39 is 11.7 Å². The lowest BCUT2D eigenvalue weighted by atomic mass is 9.97. The summed E-state index contributed by atoms with van der Waals surface area (Å²) in [7, 11) is 0. The SMILES string of the molecule is Cc1cc(Nc2ccccc2C(F)(F)F)nc(NCCC2=CCCCC2)n1. The van der Waals surface area contributed by atoms with Crippen molar-refractivity contribution < 1.29 is 13.2 Å². The maximum absolute atomic E-state index is 13.2. The molecule has 0 spiro atoms. The fraction of sp³-hybridized carbons (Fsp3) is 0.400. The summed E-state index contributed by atoms with van der Waals surface area (Å²) in [6.45, 7) is 2.49. The summed E-state index contributed by atoms with van der Waals surface area (Å²) >= 11 is 0. The smallest absolute Gasteiger partial charge is 0.354 e. The van der Waals surface area contributed by atoms with Gasteiger partial charge in [-0.05, 0) is 51.2 Å². The van der Waals surface area contributed by atoms with E-state index in [0.29, 0.717) is 24.0 Å². The largest absolute Gasteiger partial charge is 0.418 e. The van der Waals surface area contributed by atoms with Crippen LogP contribution in [0.4, 0.5) is 30.6 Å². The molecule has 1 aromatic heterocycles. The molecule has 144 valence electrons. The number of benzene rings is 1. The Morgan fingerprint density at radius 2 is 1.93 bits per heavy atom. The molecule has 3 rings (SSSR count). The summed E-state index contributed by atoms with van der Waals surface area (Å²) in [5.41, 5.74) is 1.37. The Morgan fingerprint density at radius 3 is 2.67 bits per heavy atom. The van der Waals surface area contributed by atoms with Gasteiger partial charge in [-0.25, -0.2) is 4.98 Å². The van der Waals surface area contributed by atoms with Gasteiger partial charge in [0.1, 0.15) is 5.82 Å². The highest BCUT2D eigenvalue weighted by molar-refractivity contribution is 5.62. The number of para-hydroxylation sites is 1. The van der Waals surface area contributed by atoms with Crippen LogP contribution in [0.2, 0.25) is 0 Å². The molecule has 0 aliphatic heterocycles. The highest BCUT2D eigenvalue weighted by atomic mass is 19.4. The van der Waals surface area contributed by atoms with Gasteiger partial charge in [0.2, 0.25) is 5.95 Å². The van der Waals surface area contributed by atoms with E-state index in [1.807, 2.05) is 0 Å². The van der Waals surface area contributed by atoms with E-state index >= 15 is 0 Å². The van der Waals surface area contributed by atoms with Crippen LogP contribution in [0.25, 0.3) is 0 Å². The van der Waals surface area contributed by atoms with E-state index in [2.05, 4.69) is 26.7 Å². The number of aromatic nitrogens is 2. The van der Waals surface area contributed by atoms with E-state index in [9.17, 15) is 13.2 Å². The molecule has 0 saturated carbocycles. The molecule has 1 aliphatic rings. The number of rotatable bonds is 6. The fourth-order valence-electron chi connectivity index (χ4n) is 3.16. The normalized spacial score (nSPS) is 14.6. The molecular formula is C20H23F3N4. The Bertz CT molecular complexity index is 815. The number of hydrogen-bond donors (Lipinski definition) is 2. The van der Waals surface area contributed by atoms with Gasteiger partial charge in [-0.15, -0.1) is 0 Å². The van der Waals surface area contributed by atoms with Crippen LogP contribution in [0.5, 0.6) is 0 Å². The molecule has 0 radical (unpaired) electrons. The van der Waals surface area contributed by atoms with Crippen molar-refractivity contribution in [1.29, 1.82) is 0 Å². The molecule has 1 aromatic carbocycles. The first kappa shape index (κ1) is 19.2. The second kappa shape index (κ2) is 8.41. The lowest BCUT2D eigenvalue weighted by Crippen LogP contribution is -2.11. The van der Waals surface area contributed by atoms with Crippen molar-refractivity contribution in [2.24, 2.45) is 0 Å². The van der Waals surface area contributed by atoms with Crippen LogP contribution in [0.3, 0.4) is 0 Å². The Labute approximate surface area is 156 Å². The standard InChI is InChI=1S/C20H23F3N4/c1-14-13-18(26-17-10-6-5-9-16(17)20(21,22)23)27-19(25-14)24-12-11-15-7-3-2-4-8-15/h5-7,9-10,13H,2-4,8,11-12H2,1H3,(H2,24,25,26,27). The molecule has 2 N–H and O–H groups in total. The van der Waals surface area contributed by atoms with E-state index in [-0.39, 0.29) is 5.69 Å². The van der Waals surface area contributed by atoms with Gasteiger partial charge in [-0.2, -0.15) is 18.2 Å². The van der Waals surface area contributed by atoms with Gasteiger partial charge in [0.05, 0.1) is 11.3 Å². The van der Waals surface area contributed by atoms with E-state index in [0.717, 1.165) is 25.3 Å². The zero-order valence-electron chi connectivity index (χ0n) is 15.2. The number of alkyl halides is 3. The van der Waals surface area contributed by atoms with Gasteiger partial charge >= 0.3 is 6.18 Å². The molecule has 27 heavy (non-hydrogen) atoms. The van der Waals surface area contributed by atoms with Crippen LogP contribution in [0.1, 0.15) is 43.4 Å². The number of hydrogen-bond acceptors (Lipinski definition) is 4. The first-order valence-corrected chi connectivity index (χ1v) is 9.12. The molecule has 0 unspecified atom stereocenters. The third-order valence-corrected chi connectivity index (χ3v) is 4.46. The summed E-state index contributed by atoms with van der Waals surface area (Å²) in [6, 6.07) is 6.99. The Hall–Kier alpha value is -2.57. The van der Waals surface area contributed by atoms with Crippen molar-refractivity contribution in [1.82, 2.24) is 9.97 Å². The molecule has 0 atom stereocenters. The molecule has 1 aliphatic carbocycles. The number of nitrogens with one attached hydrogen (secondary N) is 2. The van der Waals surface area contributed by atoms with Crippen LogP contribution >= 0.6 is 0 Å². The van der Waals surface area contributed by atoms with Crippen LogP contribution in [-0.2, 0) is 6.18 Å². The summed E-state index contributed by atoms with van der Waals surface area (Å²) in [5, 5.41) is 5.96. The lowest BCUT2D eigenvalue weighted by Gasteiger charge is -2.15. The van der Waals surface area contributed by atoms with Gasteiger partial charge in [-0.1, -0.05) is 23.8 Å². The predicted octanol–water partition coefficient (Wildman–Crippen LogP) is 5.85. The van der Waals surface area contributed by atoms with Crippen molar-refractivity contribution in [3.8, 4) is 0 Å². The minimum Gasteiger partial charge on any atom is -0.354 e. The summed E-state index contributed by atoms with van der Waals surface area (Å²) in [6.07, 6.45) is 3.56. The number of aryl methyl sites for hydroxylation is 1. The fourth-order valence-corrected chi connectivity index (χ4v) is 3.16.